The van der Waals surface area contributed by atoms with Crippen LogP contribution in [0.15, 0.2) is 36.5 Å². The van der Waals surface area contributed by atoms with Gasteiger partial charge in [-0.3, -0.25) is 29.2 Å². The van der Waals surface area contributed by atoms with Crippen LogP contribution in [0.2, 0.25) is 0 Å². The van der Waals surface area contributed by atoms with Gasteiger partial charge in [-0.1, -0.05) is 33.8 Å². The Labute approximate surface area is 339 Å². The van der Waals surface area contributed by atoms with Crippen LogP contribution >= 0.6 is 11.3 Å². The number of pyridine rings is 1. The summed E-state index contributed by atoms with van der Waals surface area (Å²) in [4.78, 5) is 61.8. The molecule has 0 saturated carbocycles. The Morgan fingerprint density at radius 2 is 1.96 bits per heavy atom. The number of nitrogens with zero attached hydrogens (tertiary/aromatic N) is 5. The number of rotatable bonds is 18. The third-order valence-corrected chi connectivity index (χ3v) is 11.6. The van der Waals surface area contributed by atoms with Crippen LogP contribution in [-0.4, -0.2) is 94.6 Å². The van der Waals surface area contributed by atoms with E-state index in [0.29, 0.717) is 48.1 Å². The van der Waals surface area contributed by atoms with E-state index in [1.54, 1.807) is 25.4 Å². The quantitative estimate of drug-likeness (QED) is 0.109. The van der Waals surface area contributed by atoms with Gasteiger partial charge in [0.25, 0.3) is 12.4 Å². The maximum absolute atomic E-state index is 14.1. The van der Waals surface area contributed by atoms with Gasteiger partial charge in [0.15, 0.2) is 0 Å². The number of benzene rings is 1. The van der Waals surface area contributed by atoms with Crippen LogP contribution in [0.25, 0.3) is 33.4 Å². The molecule has 3 amide bonds. The first-order valence-corrected chi connectivity index (χ1v) is 20.4. The van der Waals surface area contributed by atoms with Crippen LogP contribution in [0.5, 0.6) is 0 Å². The van der Waals surface area contributed by atoms with Crippen molar-refractivity contribution in [3.8, 4) is 22.5 Å². The molecule has 5 rings (SSSR count). The Morgan fingerprint density at radius 1 is 1.21 bits per heavy atom. The third-order valence-electron chi connectivity index (χ3n) is 10.6. The monoisotopic (exact) mass is 802 g/mol. The summed E-state index contributed by atoms with van der Waals surface area (Å²) in [6, 6.07) is 8.57. The molecule has 1 aliphatic heterocycles. The number of hydrogen-bond donors (Lipinski definition) is 3. The van der Waals surface area contributed by atoms with Gasteiger partial charge in [0.2, 0.25) is 12.3 Å². The number of thiazole rings is 1. The summed E-state index contributed by atoms with van der Waals surface area (Å²) in [6.45, 7) is 15.9. The van der Waals surface area contributed by atoms with Crippen LogP contribution in [0.1, 0.15) is 83.7 Å². The molecule has 1 aliphatic rings. The number of nitrogen functional groups attached to an aromatic ring is 1. The minimum atomic E-state index is -0.954. The second-order valence-electron chi connectivity index (χ2n) is 16.1. The van der Waals surface area contributed by atoms with Crippen molar-refractivity contribution in [3.05, 3.63) is 52.8 Å². The lowest BCUT2D eigenvalue weighted by molar-refractivity contribution is -0.143. The molecule has 0 aliphatic carbocycles. The number of nitrogens with two attached hydrogens (primary N) is 1. The molecule has 14 nitrogen and oxygen atoms in total. The highest BCUT2D eigenvalue weighted by atomic mass is 32.1. The number of likely N-dealkylation sites (N-methyl/N-ethyl adjacent to an activating group) is 1. The fourth-order valence-corrected chi connectivity index (χ4v) is 8.77. The summed E-state index contributed by atoms with van der Waals surface area (Å²) < 4.78 is 13.3. The summed E-state index contributed by atoms with van der Waals surface area (Å²) in [5, 5.41) is 6.61. The lowest BCUT2D eigenvalue weighted by Crippen LogP contribution is -2.60. The Morgan fingerprint density at radius 3 is 2.61 bits per heavy atom. The van der Waals surface area contributed by atoms with Gasteiger partial charge in [-0.05, 0) is 75.8 Å². The molecule has 0 spiro atoms. The highest BCUT2D eigenvalue weighted by molar-refractivity contribution is 7.16. The molecule has 0 radical (unpaired) electrons. The van der Waals surface area contributed by atoms with E-state index in [0.717, 1.165) is 51.8 Å². The SMILES string of the molecule is CCn1c(-c2cccnc2C(C)OC)c(CC(C)(C)COC=O)c2cc(-c3nc(CC(NC(=O)C(C(C)C)N(C)C=O)C(=O)N4CCC[C@@H](C)N4)sc3N)ccc21. The maximum Gasteiger partial charge on any atom is 0.293 e. The highest BCUT2D eigenvalue weighted by Gasteiger charge is 2.35. The molecule has 1 aromatic carbocycles. The zero-order valence-corrected chi connectivity index (χ0v) is 35.4. The molecular formula is C42H58N8O6S. The van der Waals surface area contributed by atoms with Gasteiger partial charge >= 0.3 is 0 Å². The predicted octanol–water partition coefficient (Wildman–Crippen LogP) is 5.53. The number of anilines is 1. The molecule has 4 atom stereocenters. The number of nitrogens with one attached hydrogen (secondary N) is 2. The average Bonchev–Trinajstić information content (AvgIpc) is 3.71. The number of aromatic nitrogens is 3. The number of carbonyl (C=O) groups excluding carboxylic acids is 4. The Balaban J connectivity index is 1.60. The standard InChI is InChI=1S/C42H58N8O6S/c1-10-49-33-16-15-28(19-30(33)31(21-42(6,7)22-56-24-52)38(49)29-14-11-17-44-35(29)27(5)55-9)36-39(43)57-34(46-36)20-32(41(54)50-18-12-13-26(4)47-50)45-40(53)37(25(2)3)48(8)23-51/h11,14-17,19,23-27,32,37,47H,10,12-13,18,20-22,43H2,1-9H3,(H,45,53)/t26-,27?,32?,37?/m1/s1. The van der Waals surface area contributed by atoms with Crippen LogP contribution in [0, 0.1) is 11.3 Å². The Hall–Kier alpha value is -4.86. The molecule has 1 saturated heterocycles. The molecular weight excluding hydrogens is 745 g/mol. The number of hydrazine groups is 1. The second-order valence-corrected chi connectivity index (χ2v) is 17.2. The van der Waals surface area contributed by atoms with Crippen LogP contribution < -0.4 is 16.5 Å². The fraction of sp³-hybridized carbons (Fsp3) is 0.524. The topological polar surface area (TPSA) is 174 Å². The van der Waals surface area contributed by atoms with Gasteiger partial charge in [0.05, 0.1) is 29.1 Å². The summed E-state index contributed by atoms with van der Waals surface area (Å²) in [5.41, 5.74) is 15.8. The van der Waals surface area contributed by atoms with Crippen LogP contribution in [0.4, 0.5) is 5.00 Å². The summed E-state index contributed by atoms with van der Waals surface area (Å²) in [5.74, 6) is -0.884. The normalized spacial score (nSPS) is 16.3. The first kappa shape index (κ1) is 43.3. The molecule has 4 N–H and O–H groups in total. The number of aryl methyl sites for hydroxylation is 1. The first-order valence-electron chi connectivity index (χ1n) is 19.6. The molecule has 4 heterocycles. The summed E-state index contributed by atoms with van der Waals surface area (Å²) in [6.07, 6.45) is 4.59. The van der Waals surface area contributed by atoms with E-state index in [-0.39, 0.29) is 37.0 Å². The molecule has 15 heteroatoms. The average molecular weight is 803 g/mol. The minimum Gasteiger partial charge on any atom is -0.467 e. The highest BCUT2D eigenvalue weighted by Crippen LogP contribution is 2.42. The van der Waals surface area contributed by atoms with E-state index in [9.17, 15) is 19.2 Å². The van der Waals surface area contributed by atoms with E-state index in [4.69, 9.17) is 25.2 Å². The Kier molecular flexibility index (Phi) is 14.1. The van der Waals surface area contributed by atoms with Crippen molar-refractivity contribution in [2.75, 3.05) is 33.0 Å². The zero-order valence-electron chi connectivity index (χ0n) is 34.6. The van der Waals surface area contributed by atoms with Crippen molar-refractivity contribution in [3.63, 3.8) is 0 Å². The lowest BCUT2D eigenvalue weighted by atomic mass is 9.84. The zero-order chi connectivity index (χ0) is 41.6. The van der Waals surface area contributed by atoms with Crippen molar-refractivity contribution in [2.45, 2.75) is 105 Å². The molecule has 0 bridgehead atoms. The smallest absolute Gasteiger partial charge is 0.293 e. The number of ether oxygens (including phenoxy) is 2. The minimum absolute atomic E-state index is 0.102. The number of carbonyl (C=O) groups is 4. The van der Waals surface area contributed by atoms with Crippen molar-refractivity contribution in [1.82, 2.24) is 35.2 Å². The second kappa shape index (κ2) is 18.6. The molecule has 3 unspecified atom stereocenters. The largest absolute Gasteiger partial charge is 0.467 e. The molecule has 57 heavy (non-hydrogen) atoms. The van der Waals surface area contributed by atoms with Gasteiger partial charge in [0, 0.05) is 73.4 Å². The Bertz CT molecular complexity index is 2060. The van der Waals surface area contributed by atoms with Crippen molar-refractivity contribution >= 4 is 51.9 Å². The van der Waals surface area contributed by atoms with Gasteiger partial charge in [-0.2, -0.15) is 0 Å². The number of methoxy groups -OCH3 is 1. The summed E-state index contributed by atoms with van der Waals surface area (Å²) in [7, 11) is 3.23. The van der Waals surface area contributed by atoms with Gasteiger partial charge in [-0.15, -0.1) is 11.3 Å². The van der Waals surface area contributed by atoms with Gasteiger partial charge in [-0.25, -0.2) is 10.4 Å². The van der Waals surface area contributed by atoms with Crippen LogP contribution in [0.3, 0.4) is 0 Å². The van der Waals surface area contributed by atoms with E-state index < -0.39 is 23.4 Å². The molecule has 4 aromatic rings. The lowest BCUT2D eigenvalue weighted by Gasteiger charge is -2.35. The maximum atomic E-state index is 14.1. The number of amides is 3. The van der Waals surface area contributed by atoms with E-state index in [1.165, 1.54) is 16.2 Å². The first-order chi connectivity index (χ1) is 27.1. The predicted molar refractivity (Wildman–Crippen MR) is 223 cm³/mol. The van der Waals surface area contributed by atoms with E-state index >= 15 is 0 Å². The van der Waals surface area contributed by atoms with Crippen molar-refractivity contribution in [1.29, 1.82) is 0 Å². The van der Waals surface area contributed by atoms with Gasteiger partial charge < -0.3 is 30.0 Å². The van der Waals surface area contributed by atoms with E-state index in [2.05, 4.69) is 54.3 Å². The molecule has 3 aromatic heterocycles. The summed E-state index contributed by atoms with van der Waals surface area (Å²) >= 11 is 1.28. The number of fused-ring (bicyclic) bond motifs is 1. The fourth-order valence-electron chi connectivity index (χ4n) is 7.87. The van der Waals surface area contributed by atoms with Crippen molar-refractivity contribution in [2.24, 2.45) is 11.3 Å². The number of hydrogen-bond acceptors (Lipinski definition) is 11. The van der Waals surface area contributed by atoms with Crippen molar-refractivity contribution < 1.29 is 28.7 Å². The van der Waals surface area contributed by atoms with Crippen LogP contribution in [-0.2, 0) is 48.0 Å². The molecule has 308 valence electrons. The third kappa shape index (κ3) is 9.65. The van der Waals surface area contributed by atoms with Gasteiger partial charge in [0.1, 0.15) is 22.8 Å². The van der Waals surface area contributed by atoms with E-state index in [1.807, 2.05) is 39.8 Å². The molecule has 1 fully saturated rings.